The summed E-state index contributed by atoms with van der Waals surface area (Å²) in [6.07, 6.45) is 0. The minimum absolute atomic E-state index is 0.0431. The molecule has 25 heavy (non-hydrogen) atoms. The number of halogens is 1. The van der Waals surface area contributed by atoms with E-state index < -0.39 is 17.8 Å². The molecule has 0 fully saturated rings. The van der Waals surface area contributed by atoms with E-state index in [-0.39, 0.29) is 19.9 Å². The molecule has 1 amide bonds. The van der Waals surface area contributed by atoms with E-state index in [9.17, 15) is 14.1 Å². The molecule has 2 N–H and O–H groups in total. The molecule has 7 nitrogen and oxygen atoms in total. The largest absolute Gasteiger partial charge is 0.467 e. The number of nitrogens with two attached hydrogens (primary N) is 1. The Hall–Kier alpha value is -3.00. The standard InChI is InChI=1S/C17H14FN3O4/c18-11-3-9(16-10(4-11)7-24-8-25-16)6-21-14-5-12(19)1-2-13(14)15(20-23)17(21)22/h1-5,15H,6-8,19H2. The minimum atomic E-state index is -1.12. The molecule has 128 valence electrons. The number of ether oxygens (including phenoxy) is 2. The van der Waals surface area contributed by atoms with Crippen molar-refractivity contribution in [2.45, 2.75) is 19.2 Å². The van der Waals surface area contributed by atoms with Crippen LogP contribution >= 0.6 is 0 Å². The summed E-state index contributed by atoms with van der Waals surface area (Å²) in [5, 5.41) is 2.93. The number of nitroso groups, excluding NO2 is 1. The summed E-state index contributed by atoms with van der Waals surface area (Å²) in [6.45, 7) is 0.332. The summed E-state index contributed by atoms with van der Waals surface area (Å²) in [6, 6.07) is 6.35. The zero-order valence-electron chi connectivity index (χ0n) is 13.1. The highest BCUT2D eigenvalue weighted by Gasteiger charge is 2.39. The average Bonchev–Trinajstić information content (AvgIpc) is 2.85. The molecule has 2 aliphatic heterocycles. The Bertz CT molecular complexity index is 886. The second-order valence-corrected chi connectivity index (χ2v) is 5.91. The molecule has 1 atom stereocenters. The zero-order chi connectivity index (χ0) is 17.6. The fraction of sp³-hybridized carbons (Fsp3) is 0.235. The summed E-state index contributed by atoms with van der Waals surface area (Å²) >= 11 is 0. The van der Waals surface area contributed by atoms with Gasteiger partial charge in [0, 0.05) is 22.4 Å². The van der Waals surface area contributed by atoms with Crippen molar-refractivity contribution >= 4 is 17.3 Å². The van der Waals surface area contributed by atoms with Gasteiger partial charge in [-0.3, -0.25) is 4.79 Å². The lowest BCUT2D eigenvalue weighted by Gasteiger charge is -2.24. The third-order valence-corrected chi connectivity index (χ3v) is 4.33. The highest BCUT2D eigenvalue weighted by molar-refractivity contribution is 6.05. The number of nitrogens with zero attached hydrogens (tertiary/aromatic N) is 2. The minimum Gasteiger partial charge on any atom is -0.467 e. The Morgan fingerprint density at radius 1 is 1.32 bits per heavy atom. The van der Waals surface area contributed by atoms with Gasteiger partial charge in [0.15, 0.2) is 12.8 Å². The van der Waals surface area contributed by atoms with E-state index in [0.29, 0.717) is 33.8 Å². The van der Waals surface area contributed by atoms with Crippen molar-refractivity contribution in [2.24, 2.45) is 5.18 Å². The lowest BCUT2D eigenvalue weighted by molar-refractivity contribution is -0.119. The summed E-state index contributed by atoms with van der Waals surface area (Å²) in [4.78, 5) is 25.1. The van der Waals surface area contributed by atoms with Crippen LogP contribution in [0, 0.1) is 10.7 Å². The molecule has 2 aliphatic rings. The maximum atomic E-state index is 13.9. The van der Waals surface area contributed by atoms with Gasteiger partial charge in [-0.15, -0.1) is 4.91 Å². The number of carbonyl (C=O) groups excluding carboxylic acids is 1. The molecular formula is C17H14FN3O4. The first-order chi connectivity index (χ1) is 12.1. The van der Waals surface area contributed by atoms with Crippen LogP contribution in [0.5, 0.6) is 5.75 Å². The van der Waals surface area contributed by atoms with Crippen molar-refractivity contribution in [2.75, 3.05) is 17.4 Å². The quantitative estimate of drug-likeness (QED) is 0.683. The second-order valence-electron chi connectivity index (χ2n) is 5.91. The molecule has 2 heterocycles. The number of benzene rings is 2. The zero-order valence-corrected chi connectivity index (χ0v) is 13.1. The average molecular weight is 343 g/mol. The van der Waals surface area contributed by atoms with E-state index in [2.05, 4.69) is 5.18 Å². The Morgan fingerprint density at radius 3 is 2.96 bits per heavy atom. The third kappa shape index (κ3) is 2.51. The maximum absolute atomic E-state index is 13.9. The molecule has 0 spiro atoms. The van der Waals surface area contributed by atoms with E-state index >= 15 is 0 Å². The molecule has 0 saturated carbocycles. The van der Waals surface area contributed by atoms with Crippen LogP contribution in [-0.2, 0) is 22.7 Å². The number of hydrogen-bond acceptors (Lipinski definition) is 6. The number of rotatable bonds is 3. The summed E-state index contributed by atoms with van der Waals surface area (Å²) in [5.74, 6) is -0.429. The van der Waals surface area contributed by atoms with Crippen molar-refractivity contribution in [3.05, 3.63) is 57.7 Å². The smallest absolute Gasteiger partial charge is 0.260 e. The Labute approximate surface area is 142 Å². The van der Waals surface area contributed by atoms with Crippen LogP contribution in [-0.4, -0.2) is 12.7 Å². The Balaban J connectivity index is 1.77. The first-order valence-electron chi connectivity index (χ1n) is 7.63. The molecule has 0 radical (unpaired) electrons. The first kappa shape index (κ1) is 15.5. The molecule has 1 unspecified atom stereocenters. The normalized spacial score (nSPS) is 18.5. The lowest BCUT2D eigenvalue weighted by atomic mass is 10.1. The molecule has 0 aromatic heterocycles. The van der Waals surface area contributed by atoms with Crippen LogP contribution in [0.4, 0.5) is 15.8 Å². The second kappa shape index (κ2) is 5.82. The van der Waals surface area contributed by atoms with Gasteiger partial charge in [0.05, 0.1) is 18.8 Å². The van der Waals surface area contributed by atoms with Crippen molar-refractivity contribution in [3.8, 4) is 5.75 Å². The van der Waals surface area contributed by atoms with Crippen molar-refractivity contribution in [3.63, 3.8) is 0 Å². The van der Waals surface area contributed by atoms with Gasteiger partial charge in [0.1, 0.15) is 11.6 Å². The van der Waals surface area contributed by atoms with Gasteiger partial charge in [0.25, 0.3) is 5.91 Å². The molecule has 0 saturated heterocycles. The SMILES string of the molecule is Nc1ccc2c(c1)N(Cc1cc(F)cc3c1OCOC3)C(=O)C2N=O. The first-order valence-corrected chi connectivity index (χ1v) is 7.63. The molecule has 0 aliphatic carbocycles. The van der Waals surface area contributed by atoms with Crippen molar-refractivity contribution in [1.29, 1.82) is 0 Å². The molecule has 2 aromatic carbocycles. The van der Waals surface area contributed by atoms with E-state index in [1.165, 1.54) is 17.0 Å². The summed E-state index contributed by atoms with van der Waals surface area (Å²) < 4.78 is 24.6. The van der Waals surface area contributed by atoms with Crippen molar-refractivity contribution < 1.29 is 18.7 Å². The monoisotopic (exact) mass is 343 g/mol. The van der Waals surface area contributed by atoms with E-state index in [4.69, 9.17) is 15.2 Å². The molecule has 8 heteroatoms. The van der Waals surface area contributed by atoms with Crippen LogP contribution in [0.2, 0.25) is 0 Å². The number of carbonyl (C=O) groups is 1. The predicted molar refractivity (Wildman–Crippen MR) is 87.3 cm³/mol. The fourth-order valence-electron chi connectivity index (χ4n) is 3.23. The highest BCUT2D eigenvalue weighted by Crippen LogP contribution is 2.41. The van der Waals surface area contributed by atoms with Gasteiger partial charge < -0.3 is 20.1 Å². The van der Waals surface area contributed by atoms with Gasteiger partial charge in [-0.2, -0.15) is 0 Å². The Kier molecular flexibility index (Phi) is 3.61. The highest BCUT2D eigenvalue weighted by atomic mass is 19.1. The third-order valence-electron chi connectivity index (χ3n) is 4.33. The number of fused-ring (bicyclic) bond motifs is 2. The number of hydrogen-bond donors (Lipinski definition) is 1. The predicted octanol–water partition coefficient (Wildman–Crippen LogP) is 2.63. The molecule has 0 bridgehead atoms. The molecule has 4 rings (SSSR count). The van der Waals surface area contributed by atoms with Crippen LogP contribution in [0.15, 0.2) is 35.5 Å². The number of anilines is 2. The van der Waals surface area contributed by atoms with Gasteiger partial charge in [0.2, 0.25) is 0 Å². The fourth-order valence-corrected chi connectivity index (χ4v) is 3.23. The maximum Gasteiger partial charge on any atom is 0.260 e. The van der Waals surface area contributed by atoms with Gasteiger partial charge in [-0.1, -0.05) is 11.2 Å². The Morgan fingerprint density at radius 2 is 2.16 bits per heavy atom. The number of amides is 1. The van der Waals surface area contributed by atoms with Crippen molar-refractivity contribution in [1.82, 2.24) is 0 Å². The van der Waals surface area contributed by atoms with Crippen LogP contribution < -0.4 is 15.4 Å². The summed E-state index contributed by atoms with van der Waals surface area (Å²) in [7, 11) is 0. The molecular weight excluding hydrogens is 329 g/mol. The van der Waals surface area contributed by atoms with Crippen LogP contribution in [0.1, 0.15) is 22.7 Å². The van der Waals surface area contributed by atoms with Crippen LogP contribution in [0.3, 0.4) is 0 Å². The van der Waals surface area contributed by atoms with Crippen LogP contribution in [0.25, 0.3) is 0 Å². The van der Waals surface area contributed by atoms with Gasteiger partial charge in [-0.25, -0.2) is 4.39 Å². The number of nitrogen functional groups attached to an aromatic ring is 1. The van der Waals surface area contributed by atoms with E-state index in [1.807, 2.05) is 0 Å². The van der Waals surface area contributed by atoms with Gasteiger partial charge >= 0.3 is 0 Å². The van der Waals surface area contributed by atoms with Gasteiger partial charge in [-0.05, 0) is 24.3 Å². The van der Waals surface area contributed by atoms with E-state index in [1.54, 1.807) is 18.2 Å². The topological polar surface area (TPSA) is 94.2 Å². The molecule has 2 aromatic rings. The lowest BCUT2D eigenvalue weighted by Crippen LogP contribution is -2.28. The summed E-state index contributed by atoms with van der Waals surface area (Å²) in [5.41, 5.74) is 8.31. The van der Waals surface area contributed by atoms with E-state index in [0.717, 1.165) is 0 Å².